The van der Waals surface area contributed by atoms with Crippen molar-refractivity contribution in [3.05, 3.63) is 65.7 Å². The molecule has 3 heteroatoms. The maximum Gasteiger partial charge on any atom is 0.201 e. The van der Waals surface area contributed by atoms with Crippen LogP contribution in [0.3, 0.4) is 0 Å². The van der Waals surface area contributed by atoms with E-state index in [0.717, 1.165) is 17.8 Å². The Balaban J connectivity index is 1.39. The van der Waals surface area contributed by atoms with E-state index in [1.165, 1.54) is 63.0 Å². The first-order valence-electron chi connectivity index (χ1n) is 12.5. The van der Waals surface area contributed by atoms with Gasteiger partial charge >= 0.3 is 0 Å². The first kappa shape index (κ1) is 23.0. The molecular weight excluding hydrogens is 402 g/mol. The normalized spacial score (nSPS) is 25.6. The zero-order valence-corrected chi connectivity index (χ0v) is 19.5. The van der Waals surface area contributed by atoms with E-state index in [1.54, 1.807) is 13.0 Å². The minimum Gasteiger partial charge on any atom is -0.491 e. The van der Waals surface area contributed by atoms with Crippen molar-refractivity contribution in [2.45, 2.75) is 71.1 Å². The molecular formula is C29H36F2O. The summed E-state index contributed by atoms with van der Waals surface area (Å²) in [5.41, 5.74) is 2.21. The van der Waals surface area contributed by atoms with Crippen LogP contribution in [0.15, 0.2) is 48.6 Å². The molecule has 0 bridgehead atoms. The maximum absolute atomic E-state index is 14.5. The molecule has 0 amide bonds. The number of ether oxygens (including phenoxy) is 1. The summed E-state index contributed by atoms with van der Waals surface area (Å²) in [7, 11) is 0. The molecule has 2 unspecified atom stereocenters. The van der Waals surface area contributed by atoms with Gasteiger partial charge in [-0.3, -0.25) is 0 Å². The van der Waals surface area contributed by atoms with Crippen LogP contribution in [0.25, 0.3) is 11.1 Å². The lowest BCUT2D eigenvalue weighted by Gasteiger charge is -2.35. The molecule has 0 radical (unpaired) electrons. The van der Waals surface area contributed by atoms with Crippen LogP contribution in [0.2, 0.25) is 0 Å². The van der Waals surface area contributed by atoms with E-state index in [4.69, 9.17) is 4.74 Å². The number of hydrogen-bond acceptors (Lipinski definition) is 1. The number of benzene rings is 2. The summed E-state index contributed by atoms with van der Waals surface area (Å²) in [4.78, 5) is 0. The zero-order valence-electron chi connectivity index (χ0n) is 19.5. The van der Waals surface area contributed by atoms with Gasteiger partial charge in [-0.25, -0.2) is 4.39 Å². The van der Waals surface area contributed by atoms with Crippen LogP contribution in [-0.2, 0) is 0 Å². The summed E-state index contributed by atoms with van der Waals surface area (Å²) in [6, 6.07) is 11.0. The summed E-state index contributed by atoms with van der Waals surface area (Å²) < 4.78 is 33.9. The number of rotatable bonds is 7. The fraction of sp³-hybridized carbons (Fsp3) is 0.517. The van der Waals surface area contributed by atoms with E-state index in [9.17, 15) is 8.78 Å². The molecule has 32 heavy (non-hydrogen) atoms. The predicted octanol–water partition coefficient (Wildman–Crippen LogP) is 8.69. The predicted molar refractivity (Wildman–Crippen MR) is 128 cm³/mol. The maximum atomic E-state index is 14.5. The Morgan fingerprint density at radius 2 is 1.56 bits per heavy atom. The summed E-state index contributed by atoms with van der Waals surface area (Å²) in [6.45, 7) is 4.36. The van der Waals surface area contributed by atoms with Crippen molar-refractivity contribution in [3.8, 4) is 16.9 Å². The van der Waals surface area contributed by atoms with Gasteiger partial charge in [0.25, 0.3) is 0 Å². The lowest BCUT2D eigenvalue weighted by Crippen LogP contribution is -2.22. The number of halogens is 2. The second-order valence-corrected chi connectivity index (χ2v) is 9.60. The van der Waals surface area contributed by atoms with Crippen LogP contribution in [0, 0.1) is 29.4 Å². The van der Waals surface area contributed by atoms with E-state index in [0.29, 0.717) is 18.1 Å². The van der Waals surface area contributed by atoms with Crippen molar-refractivity contribution >= 4 is 0 Å². The molecule has 1 nitrogen and oxygen atoms in total. The van der Waals surface area contributed by atoms with Gasteiger partial charge in [0.1, 0.15) is 0 Å². The molecule has 2 aromatic carbocycles. The van der Waals surface area contributed by atoms with Crippen LogP contribution in [-0.4, -0.2) is 6.61 Å². The lowest BCUT2D eigenvalue weighted by molar-refractivity contribution is 0.209. The van der Waals surface area contributed by atoms with Crippen molar-refractivity contribution < 1.29 is 13.5 Å². The smallest absolute Gasteiger partial charge is 0.201 e. The molecule has 1 fully saturated rings. The van der Waals surface area contributed by atoms with Crippen molar-refractivity contribution in [2.24, 2.45) is 17.8 Å². The Kier molecular flexibility index (Phi) is 7.65. The molecule has 0 aliphatic heterocycles. The van der Waals surface area contributed by atoms with Gasteiger partial charge in [-0.05, 0) is 73.6 Å². The standard InChI is InChI=1S/C29H36F2O/c1-3-5-20-6-8-21(9-7-20)22-10-12-23(13-11-22)24-14-16-25(17-15-24)26-18-19-27(32-4-2)29(31)28(26)30/h10,12,14-23H,3-9,11,13H2,1-2H3. The molecule has 0 heterocycles. The fourth-order valence-corrected chi connectivity index (χ4v) is 5.76. The first-order valence-corrected chi connectivity index (χ1v) is 12.5. The van der Waals surface area contributed by atoms with Crippen LogP contribution in [0.5, 0.6) is 5.75 Å². The molecule has 2 aromatic rings. The lowest BCUT2D eigenvalue weighted by atomic mass is 9.70. The SMILES string of the molecule is CCCC1CCC(C2C=CC(c3ccc(-c4ccc(OCC)c(F)c4F)cc3)CC2)CC1. The van der Waals surface area contributed by atoms with Gasteiger partial charge in [-0.1, -0.05) is 69.0 Å². The molecule has 0 saturated heterocycles. The van der Waals surface area contributed by atoms with E-state index in [1.807, 2.05) is 12.1 Å². The van der Waals surface area contributed by atoms with Crippen LogP contribution >= 0.6 is 0 Å². The average molecular weight is 439 g/mol. The Bertz CT molecular complexity index is 909. The highest BCUT2D eigenvalue weighted by atomic mass is 19.2. The first-order chi connectivity index (χ1) is 15.6. The summed E-state index contributed by atoms with van der Waals surface area (Å²) in [5.74, 6) is 1.17. The van der Waals surface area contributed by atoms with Gasteiger partial charge in [0.05, 0.1) is 6.61 Å². The summed E-state index contributed by atoms with van der Waals surface area (Å²) in [6.07, 6.45) is 15.6. The highest BCUT2D eigenvalue weighted by molar-refractivity contribution is 5.65. The van der Waals surface area contributed by atoms with Crippen molar-refractivity contribution in [1.29, 1.82) is 0 Å². The third-order valence-electron chi connectivity index (χ3n) is 7.59. The van der Waals surface area contributed by atoms with E-state index in [-0.39, 0.29) is 11.3 Å². The largest absolute Gasteiger partial charge is 0.491 e. The van der Waals surface area contributed by atoms with Crippen LogP contribution in [0.1, 0.15) is 76.7 Å². The molecule has 172 valence electrons. The van der Waals surface area contributed by atoms with Crippen molar-refractivity contribution in [2.75, 3.05) is 6.61 Å². The van der Waals surface area contributed by atoms with Gasteiger partial charge < -0.3 is 4.74 Å². The molecule has 0 spiro atoms. The molecule has 1 saturated carbocycles. The molecule has 4 rings (SSSR count). The Hall–Kier alpha value is -2.16. The number of hydrogen-bond donors (Lipinski definition) is 0. The molecule has 0 N–H and O–H groups in total. The van der Waals surface area contributed by atoms with E-state index in [2.05, 4.69) is 31.2 Å². The summed E-state index contributed by atoms with van der Waals surface area (Å²) in [5, 5.41) is 0. The Morgan fingerprint density at radius 1 is 0.812 bits per heavy atom. The monoisotopic (exact) mass is 438 g/mol. The van der Waals surface area contributed by atoms with Gasteiger partial charge in [-0.15, -0.1) is 0 Å². The molecule has 2 atom stereocenters. The van der Waals surface area contributed by atoms with Gasteiger partial charge in [0.2, 0.25) is 5.82 Å². The summed E-state index contributed by atoms with van der Waals surface area (Å²) >= 11 is 0. The number of allylic oxidation sites excluding steroid dienone is 2. The van der Waals surface area contributed by atoms with Gasteiger partial charge in [0.15, 0.2) is 11.6 Å². The molecule has 0 aromatic heterocycles. The second kappa shape index (κ2) is 10.6. The quantitative estimate of drug-likeness (QED) is 0.393. The Labute approximate surface area is 191 Å². The van der Waals surface area contributed by atoms with Gasteiger partial charge in [0, 0.05) is 11.5 Å². The highest BCUT2D eigenvalue weighted by Gasteiger charge is 2.28. The fourth-order valence-electron chi connectivity index (χ4n) is 5.76. The topological polar surface area (TPSA) is 9.23 Å². The van der Waals surface area contributed by atoms with Gasteiger partial charge in [-0.2, -0.15) is 4.39 Å². The third kappa shape index (κ3) is 5.08. The van der Waals surface area contributed by atoms with Crippen molar-refractivity contribution in [1.82, 2.24) is 0 Å². The van der Waals surface area contributed by atoms with E-state index >= 15 is 0 Å². The molecule has 2 aliphatic rings. The Morgan fingerprint density at radius 3 is 2.19 bits per heavy atom. The minimum atomic E-state index is -0.918. The highest BCUT2D eigenvalue weighted by Crippen LogP contribution is 2.41. The molecule has 2 aliphatic carbocycles. The van der Waals surface area contributed by atoms with Crippen LogP contribution in [0.4, 0.5) is 8.78 Å². The van der Waals surface area contributed by atoms with Crippen LogP contribution < -0.4 is 4.74 Å². The minimum absolute atomic E-state index is 0.0360. The zero-order chi connectivity index (χ0) is 22.5. The third-order valence-corrected chi connectivity index (χ3v) is 7.59. The average Bonchev–Trinajstić information content (AvgIpc) is 2.83. The van der Waals surface area contributed by atoms with Crippen molar-refractivity contribution in [3.63, 3.8) is 0 Å². The van der Waals surface area contributed by atoms with E-state index < -0.39 is 11.6 Å². The second-order valence-electron chi connectivity index (χ2n) is 9.60.